The summed E-state index contributed by atoms with van der Waals surface area (Å²) in [5.74, 6) is 0.795. The van der Waals surface area contributed by atoms with Crippen LogP contribution in [0.2, 0.25) is 0 Å². The Bertz CT molecular complexity index is 868. The van der Waals surface area contributed by atoms with Crippen LogP contribution in [-0.4, -0.2) is 18.2 Å². The van der Waals surface area contributed by atoms with Crippen LogP contribution in [0, 0.1) is 12.8 Å². The fourth-order valence-corrected chi connectivity index (χ4v) is 6.98. The zero-order valence-electron chi connectivity index (χ0n) is 17.9. The molecule has 1 saturated heterocycles. The third-order valence-electron chi connectivity index (χ3n) is 8.22. The molecule has 2 nitrogen and oxygen atoms in total. The molecule has 3 unspecified atom stereocenters. The highest BCUT2D eigenvalue weighted by Gasteiger charge is 2.60. The highest BCUT2D eigenvalue weighted by Crippen LogP contribution is 2.58. The number of para-hydroxylation sites is 2. The van der Waals surface area contributed by atoms with Gasteiger partial charge in [-0.3, -0.25) is 0 Å². The van der Waals surface area contributed by atoms with Crippen LogP contribution in [0.4, 0.5) is 11.4 Å². The van der Waals surface area contributed by atoms with E-state index in [1.165, 1.54) is 49.0 Å². The van der Waals surface area contributed by atoms with E-state index in [1.807, 2.05) is 0 Å². The molecular weight excluding hydrogens is 340 g/mol. The summed E-state index contributed by atoms with van der Waals surface area (Å²) in [5.41, 5.74) is 6.11. The van der Waals surface area contributed by atoms with E-state index < -0.39 is 0 Å². The van der Waals surface area contributed by atoms with Gasteiger partial charge < -0.3 is 9.80 Å². The minimum atomic E-state index is 0.238. The Labute approximate surface area is 170 Å². The molecular formula is C26H34N2. The van der Waals surface area contributed by atoms with Gasteiger partial charge in [0.1, 0.15) is 0 Å². The van der Waals surface area contributed by atoms with Crippen molar-refractivity contribution in [3.63, 3.8) is 0 Å². The van der Waals surface area contributed by atoms with Gasteiger partial charge in [-0.2, -0.15) is 0 Å². The fourth-order valence-electron chi connectivity index (χ4n) is 6.98. The van der Waals surface area contributed by atoms with Crippen molar-refractivity contribution in [3.8, 4) is 0 Å². The highest BCUT2D eigenvalue weighted by molar-refractivity contribution is 5.71. The molecule has 0 bridgehead atoms. The van der Waals surface area contributed by atoms with Crippen LogP contribution < -0.4 is 9.80 Å². The lowest BCUT2D eigenvalue weighted by Gasteiger charge is -2.44. The van der Waals surface area contributed by atoms with E-state index in [-0.39, 0.29) is 5.41 Å². The van der Waals surface area contributed by atoms with Crippen LogP contribution >= 0.6 is 0 Å². The van der Waals surface area contributed by atoms with Crippen molar-refractivity contribution in [1.29, 1.82) is 0 Å². The Morgan fingerprint density at radius 2 is 1.46 bits per heavy atom. The second-order valence-corrected chi connectivity index (χ2v) is 9.55. The molecule has 0 amide bonds. The Morgan fingerprint density at radius 3 is 2.18 bits per heavy atom. The van der Waals surface area contributed by atoms with Crippen molar-refractivity contribution in [2.24, 2.45) is 5.92 Å². The number of benzene rings is 2. The van der Waals surface area contributed by atoms with Gasteiger partial charge in [0.15, 0.2) is 0 Å². The Kier molecular flexibility index (Phi) is 4.23. The third-order valence-corrected chi connectivity index (χ3v) is 8.22. The average Bonchev–Trinajstić information content (AvgIpc) is 3.15. The van der Waals surface area contributed by atoms with E-state index in [2.05, 4.69) is 86.0 Å². The minimum absolute atomic E-state index is 0.238. The highest BCUT2D eigenvalue weighted by atomic mass is 15.5. The molecule has 1 aliphatic carbocycles. The van der Waals surface area contributed by atoms with Crippen molar-refractivity contribution >= 4 is 11.4 Å². The number of fused-ring (bicyclic) bond motifs is 3. The number of anilines is 2. The first-order valence-electron chi connectivity index (χ1n) is 11.3. The molecule has 1 saturated carbocycles. The van der Waals surface area contributed by atoms with E-state index in [4.69, 9.17) is 0 Å². The average molecular weight is 375 g/mol. The lowest BCUT2D eigenvalue weighted by Crippen LogP contribution is -2.50. The van der Waals surface area contributed by atoms with E-state index >= 15 is 0 Å². The van der Waals surface area contributed by atoms with Crippen LogP contribution in [0.15, 0.2) is 48.5 Å². The van der Waals surface area contributed by atoms with Crippen molar-refractivity contribution in [2.45, 2.75) is 83.5 Å². The summed E-state index contributed by atoms with van der Waals surface area (Å²) in [6.45, 7) is 9.73. The summed E-state index contributed by atoms with van der Waals surface area (Å²) >= 11 is 0. The topological polar surface area (TPSA) is 6.48 Å². The van der Waals surface area contributed by atoms with E-state index in [0.717, 1.165) is 5.92 Å². The molecule has 3 aliphatic rings. The molecule has 0 radical (unpaired) electrons. The maximum atomic E-state index is 2.76. The monoisotopic (exact) mass is 374 g/mol. The van der Waals surface area contributed by atoms with Gasteiger partial charge in [-0.05, 0) is 62.8 Å². The molecule has 2 aromatic rings. The molecule has 2 aromatic carbocycles. The lowest BCUT2D eigenvalue weighted by molar-refractivity contribution is 0.190. The summed E-state index contributed by atoms with van der Waals surface area (Å²) in [4.78, 5) is 5.46. The molecule has 4 atom stereocenters. The molecule has 148 valence electrons. The predicted molar refractivity (Wildman–Crippen MR) is 119 cm³/mol. The van der Waals surface area contributed by atoms with Gasteiger partial charge in [0.2, 0.25) is 0 Å². The summed E-state index contributed by atoms with van der Waals surface area (Å²) in [6, 6.07) is 19.3. The van der Waals surface area contributed by atoms with Crippen LogP contribution in [0.5, 0.6) is 0 Å². The van der Waals surface area contributed by atoms with Crippen molar-refractivity contribution in [2.75, 3.05) is 9.80 Å². The maximum Gasteiger partial charge on any atom is 0.0994 e. The molecule has 2 aliphatic heterocycles. The Hall–Kier alpha value is -1.96. The number of rotatable bonds is 2. The number of hydrogen-bond acceptors (Lipinski definition) is 2. The summed E-state index contributed by atoms with van der Waals surface area (Å²) in [6.07, 6.45) is 7.39. The molecule has 0 aromatic heterocycles. The molecule has 0 spiro atoms. The summed E-state index contributed by atoms with van der Waals surface area (Å²) in [5, 5.41) is 0. The zero-order valence-corrected chi connectivity index (χ0v) is 17.9. The van der Waals surface area contributed by atoms with E-state index in [0.29, 0.717) is 18.2 Å². The van der Waals surface area contributed by atoms with Crippen LogP contribution in [0.3, 0.4) is 0 Å². The van der Waals surface area contributed by atoms with Gasteiger partial charge in [-0.15, -0.1) is 0 Å². The van der Waals surface area contributed by atoms with Crippen molar-refractivity contribution < 1.29 is 0 Å². The fraction of sp³-hybridized carbons (Fsp3) is 0.538. The van der Waals surface area contributed by atoms with Gasteiger partial charge in [-0.25, -0.2) is 0 Å². The van der Waals surface area contributed by atoms with Crippen LogP contribution in [0.1, 0.15) is 64.0 Å². The Morgan fingerprint density at radius 1 is 0.821 bits per heavy atom. The van der Waals surface area contributed by atoms with Gasteiger partial charge in [0.05, 0.1) is 12.2 Å². The summed E-state index contributed by atoms with van der Waals surface area (Å²) < 4.78 is 0. The van der Waals surface area contributed by atoms with Crippen LogP contribution in [-0.2, 0) is 5.41 Å². The largest absolute Gasteiger partial charge is 0.346 e. The smallest absolute Gasteiger partial charge is 0.0994 e. The SMILES string of the molecule is Cc1ccccc1N1C(C)N2c3ccccc3C(C)(C3CCCCC3)C2[C@@H]1C. The molecule has 2 heteroatoms. The lowest BCUT2D eigenvalue weighted by atomic mass is 9.62. The second-order valence-electron chi connectivity index (χ2n) is 9.55. The third kappa shape index (κ3) is 2.33. The van der Waals surface area contributed by atoms with Crippen molar-refractivity contribution in [1.82, 2.24) is 0 Å². The molecule has 2 fully saturated rings. The molecule has 2 heterocycles. The van der Waals surface area contributed by atoms with Gasteiger partial charge in [-0.1, -0.05) is 62.6 Å². The number of hydrogen-bond donors (Lipinski definition) is 0. The first-order valence-corrected chi connectivity index (χ1v) is 11.3. The van der Waals surface area contributed by atoms with Gasteiger partial charge in [0.25, 0.3) is 0 Å². The molecule has 5 rings (SSSR count). The van der Waals surface area contributed by atoms with E-state index in [9.17, 15) is 0 Å². The standard InChI is InChI=1S/C26H34N2/c1-18-12-8-10-16-23(18)27-19(2)25-26(4,21-13-6-5-7-14-21)22-15-9-11-17-24(22)28(25)20(27)3/h8-12,15-17,19-21,25H,5-7,13-14H2,1-4H3/t19-,20?,25?,26?/m0/s1. The zero-order chi connectivity index (χ0) is 19.5. The van der Waals surface area contributed by atoms with Crippen LogP contribution in [0.25, 0.3) is 0 Å². The van der Waals surface area contributed by atoms with Gasteiger partial charge >= 0.3 is 0 Å². The number of nitrogens with zero attached hydrogens (tertiary/aromatic N) is 2. The second kappa shape index (κ2) is 6.54. The maximum absolute atomic E-state index is 2.76. The first kappa shape index (κ1) is 18.1. The quantitative estimate of drug-likeness (QED) is 0.610. The number of aryl methyl sites for hydroxylation is 1. The normalized spacial score (nSPS) is 32.5. The summed E-state index contributed by atoms with van der Waals surface area (Å²) in [7, 11) is 0. The predicted octanol–water partition coefficient (Wildman–Crippen LogP) is 6.28. The first-order chi connectivity index (χ1) is 13.5. The van der Waals surface area contributed by atoms with Crippen molar-refractivity contribution in [3.05, 3.63) is 59.7 Å². The van der Waals surface area contributed by atoms with E-state index in [1.54, 1.807) is 5.56 Å². The molecule has 28 heavy (non-hydrogen) atoms. The van der Waals surface area contributed by atoms with Gasteiger partial charge in [0, 0.05) is 22.8 Å². The minimum Gasteiger partial charge on any atom is -0.346 e. The molecule has 0 N–H and O–H groups in total. The Balaban J connectivity index is 1.64.